The van der Waals surface area contributed by atoms with Crippen LogP contribution in [0.25, 0.3) is 0 Å². The number of aliphatic imine (C=N–C) groups is 2. The quantitative estimate of drug-likeness (QED) is 0.610. The van der Waals surface area contributed by atoms with Crippen molar-refractivity contribution in [2.24, 2.45) is 9.98 Å². The zero-order valence-corrected chi connectivity index (χ0v) is 13.4. The summed E-state index contributed by atoms with van der Waals surface area (Å²) in [5.41, 5.74) is 2.15. The SMILES string of the molecule is CC1=C[N+]2(C=O)C(=N1)CN=C(c1ccccc1F)c1cc(F)ccc12. The lowest BCUT2D eigenvalue weighted by Gasteiger charge is -2.24. The Labute approximate surface area is 143 Å². The molecule has 4 nitrogen and oxygen atoms in total. The van der Waals surface area contributed by atoms with Crippen molar-refractivity contribution in [1.82, 2.24) is 4.48 Å². The van der Waals surface area contributed by atoms with Crippen LogP contribution in [-0.2, 0) is 4.79 Å². The molecule has 0 spiro atoms. The average molecular weight is 338 g/mol. The Morgan fingerprint density at radius 3 is 2.68 bits per heavy atom. The number of halogens is 2. The van der Waals surface area contributed by atoms with E-state index in [-0.39, 0.29) is 16.6 Å². The van der Waals surface area contributed by atoms with Crippen molar-refractivity contribution >= 4 is 23.6 Å². The number of hydrogen-bond donors (Lipinski definition) is 0. The third-order valence-electron chi connectivity index (χ3n) is 4.41. The lowest BCUT2D eigenvalue weighted by Crippen LogP contribution is -2.47. The van der Waals surface area contributed by atoms with Gasteiger partial charge in [-0.15, -0.1) is 0 Å². The van der Waals surface area contributed by atoms with Crippen molar-refractivity contribution < 1.29 is 13.6 Å². The number of benzene rings is 2. The van der Waals surface area contributed by atoms with Crippen molar-refractivity contribution in [1.29, 1.82) is 0 Å². The molecule has 0 aliphatic carbocycles. The maximum Gasteiger partial charge on any atom is 0.317 e. The molecule has 1 unspecified atom stereocenters. The Balaban J connectivity index is 2.04. The van der Waals surface area contributed by atoms with Crippen molar-refractivity contribution in [3.8, 4) is 0 Å². The van der Waals surface area contributed by atoms with Crippen molar-refractivity contribution in [3.63, 3.8) is 0 Å². The summed E-state index contributed by atoms with van der Waals surface area (Å²) in [4.78, 5) is 20.9. The summed E-state index contributed by atoms with van der Waals surface area (Å²) in [7, 11) is 0. The zero-order chi connectivity index (χ0) is 17.6. The van der Waals surface area contributed by atoms with E-state index in [0.717, 1.165) is 6.41 Å². The molecule has 0 bridgehead atoms. The number of amidine groups is 1. The van der Waals surface area contributed by atoms with E-state index in [1.54, 1.807) is 31.3 Å². The minimum absolute atomic E-state index is 0.118. The number of fused-ring (bicyclic) bond motifs is 3. The topological polar surface area (TPSA) is 41.8 Å². The Bertz CT molecular complexity index is 994. The molecule has 0 saturated heterocycles. The van der Waals surface area contributed by atoms with E-state index in [1.165, 1.54) is 24.3 Å². The number of nitrogens with zero attached hydrogens (tertiary/aromatic N) is 3. The molecule has 0 aromatic heterocycles. The van der Waals surface area contributed by atoms with Gasteiger partial charge in [-0.05, 0) is 31.2 Å². The molecular formula is C19H14F2N3O+. The van der Waals surface area contributed by atoms with Crippen LogP contribution in [-0.4, -0.2) is 24.5 Å². The highest BCUT2D eigenvalue weighted by Gasteiger charge is 2.44. The molecule has 4 rings (SSSR count). The van der Waals surface area contributed by atoms with Crippen LogP contribution in [0.1, 0.15) is 18.1 Å². The van der Waals surface area contributed by atoms with Crippen LogP contribution < -0.4 is 4.48 Å². The third kappa shape index (κ3) is 2.26. The van der Waals surface area contributed by atoms with Gasteiger partial charge in [-0.2, -0.15) is 9.48 Å². The number of allylic oxidation sites excluding steroid dienone is 1. The molecule has 0 saturated carbocycles. The highest BCUT2D eigenvalue weighted by molar-refractivity contribution is 6.22. The fourth-order valence-electron chi connectivity index (χ4n) is 3.33. The van der Waals surface area contributed by atoms with E-state index in [0.29, 0.717) is 28.5 Å². The lowest BCUT2D eigenvalue weighted by atomic mass is 9.99. The van der Waals surface area contributed by atoms with E-state index in [4.69, 9.17) is 0 Å². The number of carbonyl (C=O) groups excluding carboxylic acids is 1. The molecule has 0 N–H and O–H groups in total. The zero-order valence-electron chi connectivity index (χ0n) is 13.4. The van der Waals surface area contributed by atoms with Gasteiger partial charge in [-0.25, -0.2) is 13.6 Å². The van der Waals surface area contributed by atoms with E-state index in [2.05, 4.69) is 9.98 Å². The molecule has 2 aliphatic heterocycles. The summed E-state index contributed by atoms with van der Waals surface area (Å²) < 4.78 is 28.0. The molecule has 0 fully saturated rings. The standard InChI is InChI=1S/C19H14F2N3O/c1-12-10-24(11-25)17-7-6-13(20)8-15(17)19(22-9-18(24)23-12)14-4-2-3-5-16(14)21/h2-8,10-11H,9H2,1H3/q+1. The maximum atomic E-state index is 14.3. The minimum Gasteiger partial charge on any atom is -0.271 e. The summed E-state index contributed by atoms with van der Waals surface area (Å²) in [6.07, 6.45) is 2.44. The van der Waals surface area contributed by atoms with Crippen LogP contribution in [0.3, 0.4) is 0 Å². The molecule has 1 atom stereocenters. The van der Waals surface area contributed by atoms with Gasteiger partial charge in [0.1, 0.15) is 24.4 Å². The predicted octanol–water partition coefficient (Wildman–Crippen LogP) is 3.55. The second-order valence-electron chi connectivity index (χ2n) is 5.99. The maximum absolute atomic E-state index is 14.3. The van der Waals surface area contributed by atoms with Gasteiger partial charge in [0.05, 0.1) is 17.0 Å². The van der Waals surface area contributed by atoms with Crippen LogP contribution in [0, 0.1) is 11.6 Å². The van der Waals surface area contributed by atoms with Gasteiger partial charge in [0.2, 0.25) is 5.84 Å². The molecule has 25 heavy (non-hydrogen) atoms. The fourth-order valence-corrected chi connectivity index (χ4v) is 3.33. The van der Waals surface area contributed by atoms with Gasteiger partial charge in [-0.1, -0.05) is 12.1 Å². The highest BCUT2D eigenvalue weighted by atomic mass is 19.1. The van der Waals surface area contributed by atoms with E-state index in [9.17, 15) is 13.6 Å². The summed E-state index contributed by atoms with van der Waals surface area (Å²) in [5, 5.41) is 0. The Morgan fingerprint density at radius 1 is 1.12 bits per heavy atom. The van der Waals surface area contributed by atoms with Gasteiger partial charge in [0.15, 0.2) is 5.69 Å². The van der Waals surface area contributed by atoms with Crippen molar-refractivity contribution in [2.45, 2.75) is 6.92 Å². The molecule has 2 aromatic rings. The van der Waals surface area contributed by atoms with E-state index < -0.39 is 11.6 Å². The summed E-state index contributed by atoms with van der Waals surface area (Å²) in [6, 6.07) is 10.3. The monoisotopic (exact) mass is 338 g/mol. The lowest BCUT2D eigenvalue weighted by molar-refractivity contribution is -0.112. The fraction of sp³-hybridized carbons (Fsp3) is 0.105. The molecule has 2 aromatic carbocycles. The first-order valence-corrected chi connectivity index (χ1v) is 7.77. The van der Waals surface area contributed by atoms with Gasteiger partial charge in [-0.3, -0.25) is 4.99 Å². The molecule has 1 amide bonds. The summed E-state index contributed by atoms with van der Waals surface area (Å²) >= 11 is 0. The second kappa shape index (κ2) is 5.53. The third-order valence-corrected chi connectivity index (χ3v) is 4.41. The van der Waals surface area contributed by atoms with Crippen molar-refractivity contribution in [3.05, 3.63) is 77.1 Å². The molecule has 124 valence electrons. The minimum atomic E-state index is -0.480. The predicted molar refractivity (Wildman–Crippen MR) is 92.4 cm³/mol. The second-order valence-corrected chi connectivity index (χ2v) is 5.99. The first-order chi connectivity index (χ1) is 12.0. The molecule has 2 heterocycles. The molecule has 0 radical (unpaired) electrons. The Kier molecular flexibility index (Phi) is 3.43. The van der Waals surface area contributed by atoms with Crippen LogP contribution in [0.2, 0.25) is 0 Å². The van der Waals surface area contributed by atoms with Gasteiger partial charge in [0, 0.05) is 11.6 Å². The number of carbonyl (C=O) groups is 1. The van der Waals surface area contributed by atoms with Crippen LogP contribution >= 0.6 is 0 Å². The van der Waals surface area contributed by atoms with E-state index in [1.807, 2.05) is 0 Å². The first kappa shape index (κ1) is 15.5. The van der Waals surface area contributed by atoms with Gasteiger partial charge >= 0.3 is 6.41 Å². The van der Waals surface area contributed by atoms with Crippen LogP contribution in [0.15, 0.2) is 64.3 Å². The number of hydrogen-bond acceptors (Lipinski definition) is 3. The molecule has 6 heteroatoms. The van der Waals surface area contributed by atoms with E-state index >= 15 is 0 Å². The average Bonchev–Trinajstić information content (AvgIpc) is 2.87. The first-order valence-electron chi connectivity index (χ1n) is 7.77. The smallest absolute Gasteiger partial charge is 0.271 e. The number of amides is 1. The van der Waals surface area contributed by atoms with Crippen LogP contribution in [0.5, 0.6) is 0 Å². The van der Waals surface area contributed by atoms with Crippen LogP contribution in [0.4, 0.5) is 14.5 Å². The Hall–Kier alpha value is -2.99. The summed E-state index contributed by atoms with van der Waals surface area (Å²) in [6.45, 7) is 1.91. The number of rotatable bonds is 2. The highest BCUT2D eigenvalue weighted by Crippen LogP contribution is 2.36. The molecular weight excluding hydrogens is 324 g/mol. The largest absolute Gasteiger partial charge is 0.317 e. The van der Waals surface area contributed by atoms with Gasteiger partial charge < -0.3 is 0 Å². The summed E-state index contributed by atoms with van der Waals surface area (Å²) in [5.74, 6) is -0.427. The van der Waals surface area contributed by atoms with Gasteiger partial charge in [0.25, 0.3) is 0 Å². The number of quaternary nitrogens is 1. The van der Waals surface area contributed by atoms with Crippen molar-refractivity contribution in [2.75, 3.05) is 6.54 Å². The Morgan fingerprint density at radius 2 is 1.92 bits per heavy atom. The normalized spacial score (nSPS) is 21.5. The molecule has 2 aliphatic rings.